The van der Waals surface area contributed by atoms with Gasteiger partial charge in [-0.3, -0.25) is 18.6 Å². The summed E-state index contributed by atoms with van der Waals surface area (Å²) in [5.41, 5.74) is 1.54. The number of carbonyl (C=O) groups is 2. The lowest BCUT2D eigenvalue weighted by Crippen LogP contribution is -2.46. The summed E-state index contributed by atoms with van der Waals surface area (Å²) in [4.78, 5) is 23.2. The number of esters is 1. The third-order valence-electron chi connectivity index (χ3n) is 4.52. The van der Waals surface area contributed by atoms with Gasteiger partial charge in [0.05, 0.1) is 26.7 Å². The number of hydrogen-bond acceptors (Lipinski definition) is 8. The normalized spacial score (nSPS) is 19.7. The fourth-order valence-electron chi connectivity index (χ4n) is 2.80. The molecule has 1 aliphatic rings. The molecule has 2 atom stereocenters. The second kappa shape index (κ2) is 9.26. The van der Waals surface area contributed by atoms with E-state index in [1.165, 1.54) is 7.11 Å². The van der Waals surface area contributed by atoms with Gasteiger partial charge in [0.2, 0.25) is 5.91 Å². The van der Waals surface area contributed by atoms with E-state index in [1.807, 2.05) is 26.0 Å². The first-order chi connectivity index (χ1) is 13.5. The molecule has 1 aliphatic heterocycles. The third-order valence-corrected chi connectivity index (χ3v) is 5.81. The van der Waals surface area contributed by atoms with Crippen LogP contribution in [0.25, 0.3) is 0 Å². The summed E-state index contributed by atoms with van der Waals surface area (Å²) < 4.78 is 33.6. The quantitative estimate of drug-likeness (QED) is 0.477. The van der Waals surface area contributed by atoms with Crippen LogP contribution in [-0.2, 0) is 34.5 Å². The highest BCUT2D eigenvalue weighted by atomic mass is 31.2. The van der Waals surface area contributed by atoms with E-state index < -0.39 is 31.2 Å². The maximum absolute atomic E-state index is 12.9. The highest BCUT2D eigenvalue weighted by molar-refractivity contribution is 7.49. The first kappa shape index (κ1) is 23.3. The number of fused-ring (bicyclic) bond motifs is 1. The molecule has 0 aromatic heterocycles. The number of benzene rings is 1. The number of phosphoric ester groups is 1. The molecule has 0 spiro atoms. The molecule has 29 heavy (non-hydrogen) atoms. The van der Waals surface area contributed by atoms with E-state index >= 15 is 0 Å². The lowest BCUT2D eigenvalue weighted by Gasteiger charge is -2.32. The van der Waals surface area contributed by atoms with Crippen molar-refractivity contribution in [2.45, 2.75) is 46.8 Å². The summed E-state index contributed by atoms with van der Waals surface area (Å²) >= 11 is 0. The van der Waals surface area contributed by atoms with Crippen LogP contribution in [-0.4, -0.2) is 43.3 Å². The Morgan fingerprint density at radius 3 is 2.69 bits per heavy atom. The van der Waals surface area contributed by atoms with Gasteiger partial charge in [-0.05, 0) is 19.4 Å². The Morgan fingerprint density at radius 1 is 1.34 bits per heavy atom. The maximum Gasteiger partial charge on any atom is 0.530 e. The molecule has 0 fully saturated rings. The monoisotopic (exact) mass is 429 g/mol. The Bertz CT molecular complexity index is 823. The summed E-state index contributed by atoms with van der Waals surface area (Å²) in [6, 6.07) is 3.79. The van der Waals surface area contributed by atoms with Gasteiger partial charge >= 0.3 is 13.8 Å². The van der Waals surface area contributed by atoms with Crippen LogP contribution >= 0.6 is 7.82 Å². The topological polar surface area (TPSA) is 120 Å². The number of phosphoric acid groups is 1. The molecule has 0 bridgehead atoms. The molecule has 9 nitrogen and oxygen atoms in total. The zero-order chi connectivity index (χ0) is 21.8. The fraction of sp³-hybridized carbons (Fsp3) is 0.579. The van der Waals surface area contributed by atoms with E-state index in [9.17, 15) is 19.3 Å². The van der Waals surface area contributed by atoms with Crippen molar-refractivity contribution in [3.63, 3.8) is 0 Å². The number of carbonyl (C=O) groups excluding carboxylic acids is 2. The van der Waals surface area contributed by atoms with Gasteiger partial charge in [-0.25, -0.2) is 4.57 Å². The Hall–Kier alpha value is -1.93. The summed E-state index contributed by atoms with van der Waals surface area (Å²) in [5, 5.41) is 12.8. The number of hydrogen-bond donors (Lipinski definition) is 2. The Kier molecular flexibility index (Phi) is 7.45. The molecule has 0 saturated heterocycles. The number of nitrogens with one attached hydrogen (secondary N) is 1. The van der Waals surface area contributed by atoms with E-state index in [0.29, 0.717) is 5.75 Å². The first-order valence-electron chi connectivity index (χ1n) is 9.19. The van der Waals surface area contributed by atoms with Crippen molar-refractivity contribution >= 4 is 19.7 Å². The van der Waals surface area contributed by atoms with Gasteiger partial charge in [-0.2, -0.15) is 0 Å². The predicted molar refractivity (Wildman–Crippen MR) is 104 cm³/mol. The Labute approximate surface area is 170 Å². The minimum absolute atomic E-state index is 0.0129. The number of methoxy groups -OCH3 is 1. The van der Waals surface area contributed by atoms with Gasteiger partial charge in [0.1, 0.15) is 11.9 Å². The predicted octanol–water partition coefficient (Wildman–Crippen LogP) is 2.40. The first-order valence-corrected chi connectivity index (χ1v) is 10.6. The summed E-state index contributed by atoms with van der Waals surface area (Å²) in [7, 11) is -2.65. The molecule has 0 aliphatic carbocycles. The molecule has 0 radical (unpaired) electrons. The zero-order valence-electron chi connectivity index (χ0n) is 17.3. The molecular formula is C19H28NO8P. The van der Waals surface area contributed by atoms with Crippen LogP contribution in [0, 0.1) is 19.3 Å². The maximum atomic E-state index is 12.9. The number of rotatable bonds is 8. The van der Waals surface area contributed by atoms with E-state index in [0.717, 1.165) is 16.7 Å². The standard InChI is InChI=1S/C19H28NO8P/c1-12-8-13(2)16-14(9-12)10-26-29(24,28-16)27-11-19(3,4)17(22)18(23)20-7-6-15(21)25-5/h8-9,17,22H,6-7,10-11H2,1-5H3,(H,20,23)/t17-,29?/m0/s1. The lowest BCUT2D eigenvalue weighted by molar-refractivity contribution is -0.141. The molecule has 1 aromatic rings. The SMILES string of the molecule is COC(=O)CCNC(=O)[C@H](O)C(C)(C)COP1(=O)OCc2cc(C)cc(C)c2O1. The highest BCUT2D eigenvalue weighted by Gasteiger charge is 2.40. The number of aliphatic hydroxyl groups is 1. The molecule has 0 saturated carbocycles. The van der Waals surface area contributed by atoms with Crippen molar-refractivity contribution in [1.82, 2.24) is 5.32 Å². The minimum atomic E-state index is -3.90. The van der Waals surface area contributed by atoms with Crippen LogP contribution in [0.4, 0.5) is 0 Å². The summed E-state index contributed by atoms with van der Waals surface area (Å²) in [5.74, 6) is -0.690. The van der Waals surface area contributed by atoms with Crippen molar-refractivity contribution < 1.29 is 37.6 Å². The summed E-state index contributed by atoms with van der Waals surface area (Å²) in [6.45, 7) is 6.79. The molecule has 1 aromatic carbocycles. The number of ether oxygens (including phenoxy) is 1. The second-order valence-electron chi connectivity index (χ2n) is 7.66. The molecular weight excluding hydrogens is 401 g/mol. The second-order valence-corrected chi connectivity index (χ2v) is 9.26. The van der Waals surface area contributed by atoms with Gasteiger partial charge in [-0.15, -0.1) is 0 Å². The molecule has 162 valence electrons. The molecule has 2 rings (SSSR count). The van der Waals surface area contributed by atoms with Gasteiger partial charge in [0.15, 0.2) is 0 Å². The highest BCUT2D eigenvalue weighted by Crippen LogP contribution is 2.56. The van der Waals surface area contributed by atoms with E-state index in [1.54, 1.807) is 13.8 Å². The van der Waals surface area contributed by atoms with Crippen molar-refractivity contribution in [2.24, 2.45) is 5.41 Å². The average molecular weight is 429 g/mol. The fourth-order valence-corrected chi connectivity index (χ4v) is 4.25. The van der Waals surface area contributed by atoms with Gasteiger partial charge in [-0.1, -0.05) is 31.5 Å². The van der Waals surface area contributed by atoms with Gasteiger partial charge in [0.25, 0.3) is 0 Å². The van der Waals surface area contributed by atoms with Crippen LogP contribution in [0.1, 0.15) is 37.0 Å². The van der Waals surface area contributed by atoms with Crippen LogP contribution in [0.2, 0.25) is 0 Å². The van der Waals surface area contributed by atoms with Crippen molar-refractivity contribution in [3.8, 4) is 5.75 Å². The smallest absolute Gasteiger partial charge is 0.469 e. The molecule has 1 unspecified atom stereocenters. The van der Waals surface area contributed by atoms with Crippen LogP contribution in [0.15, 0.2) is 12.1 Å². The van der Waals surface area contributed by atoms with E-state index in [4.69, 9.17) is 13.6 Å². The molecule has 1 heterocycles. The van der Waals surface area contributed by atoms with Crippen molar-refractivity contribution in [1.29, 1.82) is 0 Å². The minimum Gasteiger partial charge on any atom is -0.469 e. The number of aliphatic hydroxyl groups excluding tert-OH is 1. The van der Waals surface area contributed by atoms with E-state index in [-0.39, 0.29) is 26.2 Å². The van der Waals surface area contributed by atoms with Gasteiger partial charge < -0.3 is 19.7 Å². The van der Waals surface area contributed by atoms with Crippen molar-refractivity contribution in [3.05, 3.63) is 28.8 Å². The van der Waals surface area contributed by atoms with Gasteiger partial charge in [0, 0.05) is 17.5 Å². The molecule has 10 heteroatoms. The summed E-state index contributed by atoms with van der Waals surface area (Å²) in [6.07, 6.45) is -1.48. The molecule has 2 N–H and O–H groups in total. The van der Waals surface area contributed by atoms with Crippen molar-refractivity contribution in [2.75, 3.05) is 20.3 Å². The Balaban J connectivity index is 1.95. The Morgan fingerprint density at radius 2 is 2.03 bits per heavy atom. The van der Waals surface area contributed by atoms with E-state index in [2.05, 4.69) is 10.1 Å². The average Bonchev–Trinajstić information content (AvgIpc) is 2.66. The zero-order valence-corrected chi connectivity index (χ0v) is 18.2. The van der Waals surface area contributed by atoms with Crippen LogP contribution in [0.5, 0.6) is 5.75 Å². The largest absolute Gasteiger partial charge is 0.530 e. The molecule has 1 amide bonds. The lowest BCUT2D eigenvalue weighted by atomic mass is 9.87. The third kappa shape index (κ3) is 6.02. The van der Waals surface area contributed by atoms with Crippen LogP contribution in [0.3, 0.4) is 0 Å². The van der Waals surface area contributed by atoms with Crippen LogP contribution < -0.4 is 9.84 Å². The number of amides is 1. The number of aryl methyl sites for hydroxylation is 2.